The van der Waals surface area contributed by atoms with Crippen LogP contribution in [-0.2, 0) is 4.43 Å². The summed E-state index contributed by atoms with van der Waals surface area (Å²) in [5.74, 6) is 0. The van der Waals surface area contributed by atoms with Gasteiger partial charge in [0, 0.05) is 7.11 Å². The fourth-order valence-corrected chi connectivity index (χ4v) is 5.55. The van der Waals surface area contributed by atoms with Crippen LogP contribution < -0.4 is 0 Å². The van der Waals surface area contributed by atoms with Gasteiger partial charge in [-0.3, -0.25) is 0 Å². The second-order valence-corrected chi connectivity index (χ2v) is 8.61. The van der Waals surface area contributed by atoms with E-state index in [9.17, 15) is 0 Å². The van der Waals surface area contributed by atoms with Crippen molar-refractivity contribution >= 4 is 9.04 Å². The molecule has 77 valence electrons. The zero-order valence-electron chi connectivity index (χ0n) is 9.52. The normalized spacial score (nSPS) is 21.0. The highest BCUT2D eigenvalue weighted by Gasteiger charge is 2.36. The average Bonchev–Trinajstić information content (AvgIpc) is 2.05. The predicted octanol–water partition coefficient (Wildman–Crippen LogP) is 3.76. The van der Waals surface area contributed by atoms with Gasteiger partial charge in [-0.25, -0.2) is 0 Å². The zero-order valence-corrected chi connectivity index (χ0v) is 10.5. The van der Waals surface area contributed by atoms with Crippen LogP contribution in [0.4, 0.5) is 0 Å². The van der Waals surface area contributed by atoms with Crippen molar-refractivity contribution in [3.63, 3.8) is 0 Å². The van der Waals surface area contributed by atoms with Crippen LogP contribution in [0.2, 0.25) is 10.6 Å². The Kier molecular flexibility index (Phi) is 3.99. The maximum absolute atomic E-state index is 5.76. The lowest BCUT2D eigenvalue weighted by molar-refractivity contribution is 0.352. The first-order chi connectivity index (χ1) is 6.05. The quantitative estimate of drug-likeness (QED) is 0.615. The molecule has 0 saturated heterocycles. The lowest BCUT2D eigenvalue weighted by Gasteiger charge is -2.35. The van der Waals surface area contributed by atoms with E-state index in [0.717, 1.165) is 5.54 Å². The summed E-state index contributed by atoms with van der Waals surface area (Å²) in [5, 5.41) is 0.404. The standard InChI is InChI=1S/C11H23OSi/c1-11(2,3)13(12-4)10-8-6-5-7-9-10/h10H,5-9H2,1-4H3. The van der Waals surface area contributed by atoms with Gasteiger partial charge < -0.3 is 4.43 Å². The van der Waals surface area contributed by atoms with Gasteiger partial charge in [-0.2, -0.15) is 0 Å². The minimum atomic E-state index is -0.600. The van der Waals surface area contributed by atoms with Gasteiger partial charge in [0.15, 0.2) is 0 Å². The molecule has 0 aromatic rings. The molecule has 0 bridgehead atoms. The Hall–Kier alpha value is 0.177. The average molecular weight is 199 g/mol. The van der Waals surface area contributed by atoms with E-state index in [1.54, 1.807) is 0 Å². The summed E-state index contributed by atoms with van der Waals surface area (Å²) in [6, 6.07) is 0. The lowest BCUT2D eigenvalue weighted by atomic mass is 10.0. The smallest absolute Gasteiger partial charge is 0.219 e. The van der Waals surface area contributed by atoms with E-state index in [0.29, 0.717) is 5.04 Å². The fourth-order valence-electron chi connectivity index (χ4n) is 2.45. The van der Waals surface area contributed by atoms with Gasteiger partial charge in [0.1, 0.15) is 0 Å². The number of rotatable bonds is 2. The molecular formula is C11H23OSi. The van der Waals surface area contributed by atoms with E-state index < -0.39 is 9.04 Å². The maximum atomic E-state index is 5.76. The summed E-state index contributed by atoms with van der Waals surface area (Å²) in [5.41, 5.74) is 0.906. The van der Waals surface area contributed by atoms with Gasteiger partial charge in [-0.1, -0.05) is 52.9 Å². The Labute approximate surface area is 84.6 Å². The molecule has 0 amide bonds. The van der Waals surface area contributed by atoms with Gasteiger partial charge in [0.25, 0.3) is 0 Å². The van der Waals surface area contributed by atoms with Crippen molar-refractivity contribution in [2.75, 3.05) is 7.11 Å². The molecular weight excluding hydrogens is 176 g/mol. The predicted molar refractivity (Wildman–Crippen MR) is 59.3 cm³/mol. The van der Waals surface area contributed by atoms with Crippen LogP contribution >= 0.6 is 0 Å². The highest BCUT2D eigenvalue weighted by Crippen LogP contribution is 2.41. The van der Waals surface area contributed by atoms with Gasteiger partial charge in [-0.15, -0.1) is 0 Å². The van der Waals surface area contributed by atoms with E-state index in [2.05, 4.69) is 20.8 Å². The Bertz CT molecular complexity index is 145. The molecule has 13 heavy (non-hydrogen) atoms. The molecule has 0 aromatic heterocycles. The van der Waals surface area contributed by atoms with Crippen LogP contribution in [0.3, 0.4) is 0 Å². The maximum Gasteiger partial charge on any atom is 0.219 e. The van der Waals surface area contributed by atoms with E-state index in [-0.39, 0.29) is 0 Å². The summed E-state index contributed by atoms with van der Waals surface area (Å²) >= 11 is 0. The molecule has 0 atom stereocenters. The molecule has 0 aromatic carbocycles. The van der Waals surface area contributed by atoms with Gasteiger partial charge >= 0.3 is 0 Å². The Morgan fingerprint density at radius 3 is 2.00 bits per heavy atom. The van der Waals surface area contributed by atoms with E-state index in [1.165, 1.54) is 32.1 Å². The van der Waals surface area contributed by atoms with Crippen LogP contribution in [-0.4, -0.2) is 16.2 Å². The summed E-state index contributed by atoms with van der Waals surface area (Å²) in [6.07, 6.45) is 7.13. The minimum Gasteiger partial charge on any atom is -0.419 e. The third-order valence-electron chi connectivity index (χ3n) is 2.94. The van der Waals surface area contributed by atoms with Gasteiger partial charge in [0.2, 0.25) is 9.04 Å². The summed E-state index contributed by atoms with van der Waals surface area (Å²) < 4.78 is 5.76. The molecule has 2 heteroatoms. The molecule has 1 saturated carbocycles. The zero-order chi connectivity index (χ0) is 9.90. The van der Waals surface area contributed by atoms with Crippen molar-refractivity contribution in [2.45, 2.75) is 63.5 Å². The molecule has 1 aliphatic carbocycles. The molecule has 1 fully saturated rings. The molecule has 0 aliphatic heterocycles. The van der Waals surface area contributed by atoms with E-state index >= 15 is 0 Å². The van der Waals surface area contributed by atoms with Crippen LogP contribution in [0.25, 0.3) is 0 Å². The highest BCUT2D eigenvalue weighted by molar-refractivity contribution is 6.57. The minimum absolute atomic E-state index is 0.404. The topological polar surface area (TPSA) is 9.23 Å². The lowest BCUT2D eigenvalue weighted by Crippen LogP contribution is -2.34. The monoisotopic (exact) mass is 199 g/mol. The first-order valence-electron chi connectivity index (χ1n) is 5.47. The molecule has 1 aliphatic rings. The Morgan fingerprint density at radius 1 is 1.08 bits per heavy atom. The van der Waals surface area contributed by atoms with E-state index in [1.807, 2.05) is 7.11 Å². The SMILES string of the molecule is CO[Si](C1CCCCC1)C(C)(C)C. The summed E-state index contributed by atoms with van der Waals surface area (Å²) in [7, 11) is 1.31. The van der Waals surface area contributed by atoms with Crippen molar-refractivity contribution in [1.29, 1.82) is 0 Å². The molecule has 1 rings (SSSR count). The van der Waals surface area contributed by atoms with Crippen molar-refractivity contribution in [2.24, 2.45) is 0 Å². The third-order valence-corrected chi connectivity index (χ3v) is 6.17. The van der Waals surface area contributed by atoms with E-state index in [4.69, 9.17) is 4.43 Å². The van der Waals surface area contributed by atoms with Gasteiger partial charge in [-0.05, 0) is 10.6 Å². The molecule has 0 N–H and O–H groups in total. The second-order valence-electron chi connectivity index (χ2n) is 5.15. The van der Waals surface area contributed by atoms with Crippen molar-refractivity contribution in [3.05, 3.63) is 0 Å². The number of hydrogen-bond donors (Lipinski definition) is 0. The van der Waals surface area contributed by atoms with Crippen molar-refractivity contribution in [1.82, 2.24) is 0 Å². The molecule has 0 heterocycles. The third kappa shape index (κ3) is 3.10. The summed E-state index contributed by atoms with van der Waals surface area (Å²) in [4.78, 5) is 0. The van der Waals surface area contributed by atoms with Crippen LogP contribution in [0, 0.1) is 0 Å². The van der Waals surface area contributed by atoms with Crippen molar-refractivity contribution < 1.29 is 4.43 Å². The molecule has 0 spiro atoms. The van der Waals surface area contributed by atoms with Crippen LogP contribution in [0.15, 0.2) is 0 Å². The Morgan fingerprint density at radius 2 is 1.62 bits per heavy atom. The Balaban J connectivity index is 2.54. The van der Waals surface area contributed by atoms with Crippen LogP contribution in [0.5, 0.6) is 0 Å². The first-order valence-corrected chi connectivity index (χ1v) is 6.95. The number of hydrogen-bond acceptors (Lipinski definition) is 1. The fraction of sp³-hybridized carbons (Fsp3) is 1.00. The summed E-state index contributed by atoms with van der Waals surface area (Å²) in [6.45, 7) is 7.00. The van der Waals surface area contributed by atoms with Gasteiger partial charge in [0.05, 0.1) is 0 Å². The second kappa shape index (κ2) is 4.60. The largest absolute Gasteiger partial charge is 0.419 e. The van der Waals surface area contributed by atoms with Crippen LogP contribution in [0.1, 0.15) is 52.9 Å². The molecule has 0 unspecified atom stereocenters. The molecule has 1 nitrogen and oxygen atoms in total. The van der Waals surface area contributed by atoms with Crippen molar-refractivity contribution in [3.8, 4) is 0 Å². The molecule has 1 radical (unpaired) electrons. The first kappa shape index (κ1) is 11.3. The highest BCUT2D eigenvalue weighted by atomic mass is 28.3.